The summed E-state index contributed by atoms with van der Waals surface area (Å²) >= 11 is 0. The summed E-state index contributed by atoms with van der Waals surface area (Å²) in [6.07, 6.45) is 5.39. The average Bonchev–Trinajstić information content (AvgIpc) is 2.97. The van der Waals surface area contributed by atoms with Crippen molar-refractivity contribution in [2.45, 2.75) is 25.3 Å². The molecule has 0 saturated carbocycles. The van der Waals surface area contributed by atoms with Gasteiger partial charge in [0.15, 0.2) is 0 Å². The number of rotatable bonds is 3. The van der Waals surface area contributed by atoms with E-state index < -0.39 is 0 Å². The molecule has 0 N–H and O–H groups in total. The SMILES string of the molecule is CN(C)C1CCCCN(c2cc(-c3ccccc3)nn3cnnc23)C1. The van der Waals surface area contributed by atoms with Gasteiger partial charge in [-0.2, -0.15) is 9.61 Å². The molecule has 3 heterocycles. The van der Waals surface area contributed by atoms with Crippen LogP contribution in [0.25, 0.3) is 16.9 Å². The Hall–Kier alpha value is -2.47. The average molecular weight is 336 g/mol. The third kappa shape index (κ3) is 3.22. The minimum absolute atomic E-state index is 0.554. The van der Waals surface area contributed by atoms with Crippen molar-refractivity contribution in [3.05, 3.63) is 42.7 Å². The first-order chi connectivity index (χ1) is 12.2. The second kappa shape index (κ2) is 6.80. The van der Waals surface area contributed by atoms with Gasteiger partial charge in [0.1, 0.15) is 6.33 Å². The molecular weight excluding hydrogens is 312 g/mol. The van der Waals surface area contributed by atoms with Crippen LogP contribution in [0, 0.1) is 0 Å². The van der Waals surface area contributed by atoms with Gasteiger partial charge in [0.2, 0.25) is 5.65 Å². The van der Waals surface area contributed by atoms with Gasteiger partial charge in [-0.1, -0.05) is 36.8 Å². The standard InChI is InChI=1S/C19H24N6/c1-23(2)16-10-6-7-11-24(13-16)18-12-17(15-8-4-3-5-9-15)22-25-14-20-21-19(18)25/h3-5,8-9,12,14,16H,6-7,10-11,13H2,1-2H3. The molecule has 3 aromatic rings. The third-order valence-corrected chi connectivity index (χ3v) is 5.04. The largest absolute Gasteiger partial charge is 0.367 e. The van der Waals surface area contributed by atoms with Gasteiger partial charge in [-0.05, 0) is 33.0 Å². The first-order valence-corrected chi connectivity index (χ1v) is 8.90. The maximum absolute atomic E-state index is 4.69. The maximum Gasteiger partial charge on any atom is 0.200 e. The van der Waals surface area contributed by atoms with Gasteiger partial charge in [0.05, 0.1) is 11.4 Å². The Kier molecular flexibility index (Phi) is 4.36. The van der Waals surface area contributed by atoms with Crippen LogP contribution < -0.4 is 4.90 Å². The van der Waals surface area contributed by atoms with Gasteiger partial charge in [0, 0.05) is 24.7 Å². The lowest BCUT2D eigenvalue weighted by atomic mass is 10.1. The summed E-state index contributed by atoms with van der Waals surface area (Å²) in [5.74, 6) is 0. The second-order valence-corrected chi connectivity index (χ2v) is 6.94. The fourth-order valence-corrected chi connectivity index (χ4v) is 3.55. The zero-order valence-corrected chi connectivity index (χ0v) is 14.8. The molecule has 130 valence electrons. The summed E-state index contributed by atoms with van der Waals surface area (Å²) in [6.45, 7) is 2.05. The molecule has 4 rings (SSSR count). The van der Waals surface area contributed by atoms with Gasteiger partial charge in [-0.15, -0.1) is 10.2 Å². The maximum atomic E-state index is 4.69. The lowest BCUT2D eigenvalue weighted by Crippen LogP contribution is -2.39. The predicted molar refractivity (Wildman–Crippen MR) is 99.8 cm³/mol. The van der Waals surface area contributed by atoms with Gasteiger partial charge in [-0.25, -0.2) is 0 Å². The van der Waals surface area contributed by atoms with E-state index in [9.17, 15) is 0 Å². The molecule has 1 fully saturated rings. The molecule has 1 unspecified atom stereocenters. The normalized spacial score (nSPS) is 18.7. The lowest BCUT2D eigenvalue weighted by molar-refractivity contribution is 0.285. The first-order valence-electron chi connectivity index (χ1n) is 8.90. The lowest BCUT2D eigenvalue weighted by Gasteiger charge is -2.30. The van der Waals surface area contributed by atoms with Gasteiger partial charge in [0.25, 0.3) is 0 Å². The molecular formula is C19H24N6. The quantitative estimate of drug-likeness (QED) is 0.736. The number of nitrogens with zero attached hydrogens (tertiary/aromatic N) is 6. The molecule has 0 amide bonds. The predicted octanol–water partition coefficient (Wildman–Crippen LogP) is 2.71. The highest BCUT2D eigenvalue weighted by atomic mass is 15.4. The van der Waals surface area contributed by atoms with Crippen LogP contribution in [0.2, 0.25) is 0 Å². The van der Waals surface area contributed by atoms with Gasteiger partial charge in [-0.3, -0.25) is 0 Å². The number of aromatic nitrogens is 4. The molecule has 1 aromatic carbocycles. The van der Waals surface area contributed by atoms with Crippen molar-refractivity contribution < 1.29 is 0 Å². The van der Waals surface area contributed by atoms with Crippen molar-refractivity contribution in [2.24, 2.45) is 0 Å². The van der Waals surface area contributed by atoms with E-state index in [-0.39, 0.29) is 0 Å². The number of fused-ring (bicyclic) bond motifs is 1. The summed E-state index contributed by atoms with van der Waals surface area (Å²) in [5, 5.41) is 13.1. The number of likely N-dealkylation sites (N-methyl/N-ethyl adjacent to an activating group) is 1. The Morgan fingerprint density at radius 2 is 1.96 bits per heavy atom. The third-order valence-electron chi connectivity index (χ3n) is 5.04. The van der Waals surface area contributed by atoms with Crippen molar-refractivity contribution >= 4 is 11.3 Å². The van der Waals surface area contributed by atoms with Crippen molar-refractivity contribution in [3.8, 4) is 11.3 Å². The van der Waals surface area contributed by atoms with Crippen LogP contribution in [0.3, 0.4) is 0 Å². The number of hydrogen-bond acceptors (Lipinski definition) is 5. The van der Waals surface area contributed by atoms with Crippen LogP contribution in [0.1, 0.15) is 19.3 Å². The molecule has 0 bridgehead atoms. The highest BCUT2D eigenvalue weighted by molar-refractivity contribution is 5.74. The number of benzene rings is 1. The van der Waals surface area contributed by atoms with Crippen LogP contribution in [-0.2, 0) is 0 Å². The smallest absolute Gasteiger partial charge is 0.200 e. The Labute approximate surface area is 148 Å². The number of hydrogen-bond donors (Lipinski definition) is 0. The van der Waals surface area contributed by atoms with Gasteiger partial charge < -0.3 is 9.80 Å². The Morgan fingerprint density at radius 1 is 1.12 bits per heavy atom. The number of anilines is 1. The van der Waals surface area contributed by atoms with E-state index in [0.717, 1.165) is 35.7 Å². The van der Waals surface area contributed by atoms with E-state index in [1.807, 2.05) is 18.2 Å². The molecule has 1 aliphatic rings. The molecule has 6 nitrogen and oxygen atoms in total. The summed E-state index contributed by atoms with van der Waals surface area (Å²) in [5.41, 5.74) is 4.02. The first kappa shape index (κ1) is 16.0. The highest BCUT2D eigenvalue weighted by Gasteiger charge is 2.23. The van der Waals surface area contributed by atoms with Gasteiger partial charge >= 0.3 is 0 Å². The molecule has 1 atom stereocenters. The highest BCUT2D eigenvalue weighted by Crippen LogP contribution is 2.28. The van der Waals surface area contributed by atoms with Crippen LogP contribution in [0.15, 0.2) is 42.7 Å². The minimum atomic E-state index is 0.554. The minimum Gasteiger partial charge on any atom is -0.367 e. The fraction of sp³-hybridized carbons (Fsp3) is 0.421. The topological polar surface area (TPSA) is 49.6 Å². The Morgan fingerprint density at radius 3 is 2.76 bits per heavy atom. The van der Waals surface area contributed by atoms with Crippen LogP contribution in [0.5, 0.6) is 0 Å². The Bertz CT molecular complexity index is 842. The zero-order valence-electron chi connectivity index (χ0n) is 14.8. The monoisotopic (exact) mass is 336 g/mol. The van der Waals surface area contributed by atoms with Crippen molar-refractivity contribution in [2.75, 3.05) is 32.1 Å². The van der Waals surface area contributed by atoms with E-state index in [4.69, 9.17) is 5.10 Å². The van der Waals surface area contributed by atoms with E-state index in [1.165, 1.54) is 19.3 Å². The fourth-order valence-electron chi connectivity index (χ4n) is 3.55. The van der Waals surface area contributed by atoms with E-state index >= 15 is 0 Å². The summed E-state index contributed by atoms with van der Waals surface area (Å²) in [6, 6.07) is 13.0. The molecule has 1 aliphatic heterocycles. The Balaban J connectivity index is 1.78. The van der Waals surface area contributed by atoms with Crippen molar-refractivity contribution in [1.29, 1.82) is 0 Å². The van der Waals surface area contributed by atoms with Crippen molar-refractivity contribution in [3.63, 3.8) is 0 Å². The molecule has 6 heteroatoms. The zero-order chi connectivity index (χ0) is 17.2. The van der Waals surface area contributed by atoms with E-state index in [0.29, 0.717) is 6.04 Å². The van der Waals surface area contributed by atoms with Crippen LogP contribution >= 0.6 is 0 Å². The molecule has 1 saturated heterocycles. The molecule has 0 radical (unpaired) electrons. The summed E-state index contributed by atoms with van der Waals surface area (Å²) in [4.78, 5) is 4.79. The van der Waals surface area contributed by atoms with E-state index in [1.54, 1.807) is 10.8 Å². The molecule has 0 aliphatic carbocycles. The second-order valence-electron chi connectivity index (χ2n) is 6.94. The summed E-state index contributed by atoms with van der Waals surface area (Å²) in [7, 11) is 4.34. The molecule has 0 spiro atoms. The van der Waals surface area contributed by atoms with E-state index in [2.05, 4.69) is 52.3 Å². The summed E-state index contributed by atoms with van der Waals surface area (Å²) < 4.78 is 1.80. The molecule has 2 aromatic heterocycles. The van der Waals surface area contributed by atoms with Crippen LogP contribution in [-0.4, -0.2) is 57.9 Å². The molecule has 25 heavy (non-hydrogen) atoms. The van der Waals surface area contributed by atoms with Crippen molar-refractivity contribution in [1.82, 2.24) is 24.7 Å². The van der Waals surface area contributed by atoms with Crippen LogP contribution in [0.4, 0.5) is 5.69 Å².